The highest BCUT2D eigenvalue weighted by molar-refractivity contribution is 5.66. The first-order valence-electron chi connectivity index (χ1n) is 5.68. The Hall–Kier alpha value is -1.71. The van der Waals surface area contributed by atoms with Crippen LogP contribution in [-0.4, -0.2) is 59.6 Å². The summed E-state index contributed by atoms with van der Waals surface area (Å²) in [5.41, 5.74) is 0. The second kappa shape index (κ2) is 20.6. The zero-order chi connectivity index (χ0) is 17.1. The van der Waals surface area contributed by atoms with Gasteiger partial charge in [0, 0.05) is 42.1 Å². The Kier molecular flexibility index (Phi) is 23.9. The molecule has 0 saturated heterocycles. The summed E-state index contributed by atoms with van der Waals surface area (Å²) < 4.78 is 26.2. The Morgan fingerprint density at radius 2 is 0.762 bits per heavy atom. The summed E-state index contributed by atoms with van der Waals surface area (Å²) in [6.07, 6.45) is 0. The Labute approximate surface area is 124 Å². The van der Waals surface area contributed by atoms with Gasteiger partial charge in [-0.25, -0.2) is 0 Å². The van der Waals surface area contributed by atoms with E-state index in [1.165, 1.54) is 42.1 Å². The van der Waals surface area contributed by atoms with Crippen molar-refractivity contribution >= 4 is 17.9 Å². The van der Waals surface area contributed by atoms with E-state index in [2.05, 4.69) is 28.4 Å². The molecule has 0 radical (unpaired) electrons. The Bertz CT molecular complexity index is 223. The molecular formula is C12H24O9. The van der Waals surface area contributed by atoms with Crippen molar-refractivity contribution < 1.29 is 42.8 Å². The van der Waals surface area contributed by atoms with E-state index in [1.54, 1.807) is 0 Å². The van der Waals surface area contributed by atoms with Crippen LogP contribution in [0.2, 0.25) is 0 Å². The average Bonchev–Trinajstić information content (AvgIpc) is 2.41. The monoisotopic (exact) mass is 312 g/mol. The third-order valence-corrected chi connectivity index (χ3v) is 1.14. The normalized spacial score (nSPS) is 8.29. The van der Waals surface area contributed by atoms with Crippen molar-refractivity contribution in [2.45, 2.75) is 20.8 Å². The first-order valence-corrected chi connectivity index (χ1v) is 5.68. The molecule has 0 aliphatic rings. The first-order chi connectivity index (χ1) is 9.81. The van der Waals surface area contributed by atoms with Crippen molar-refractivity contribution in [2.24, 2.45) is 0 Å². The van der Waals surface area contributed by atoms with E-state index in [1.807, 2.05) is 0 Å². The van der Waals surface area contributed by atoms with Crippen molar-refractivity contribution in [3.05, 3.63) is 0 Å². The van der Waals surface area contributed by atoms with E-state index in [0.29, 0.717) is 0 Å². The minimum Gasteiger partial charge on any atom is -0.439 e. The summed E-state index contributed by atoms with van der Waals surface area (Å²) >= 11 is 0. The lowest BCUT2D eigenvalue weighted by molar-refractivity contribution is -0.152. The molecule has 0 aliphatic carbocycles. The highest BCUT2D eigenvalue weighted by atomic mass is 16.7. The molecule has 126 valence electrons. The van der Waals surface area contributed by atoms with Crippen LogP contribution in [-0.2, 0) is 42.8 Å². The molecule has 0 unspecified atom stereocenters. The summed E-state index contributed by atoms with van der Waals surface area (Å²) in [5.74, 6) is -0.953. The fraction of sp³-hybridized carbons (Fsp3) is 0.750. The molecule has 0 spiro atoms. The summed E-state index contributed by atoms with van der Waals surface area (Å²) in [7, 11) is 4.38. The summed E-state index contributed by atoms with van der Waals surface area (Å²) in [6.45, 7) is 4.15. The molecule has 0 aromatic rings. The maximum atomic E-state index is 9.90. The first kappa shape index (κ1) is 24.3. The molecule has 0 saturated carbocycles. The van der Waals surface area contributed by atoms with Crippen molar-refractivity contribution in [3.63, 3.8) is 0 Å². The molecule has 21 heavy (non-hydrogen) atoms. The van der Waals surface area contributed by atoms with E-state index >= 15 is 0 Å². The predicted molar refractivity (Wildman–Crippen MR) is 70.9 cm³/mol. The number of hydrogen-bond acceptors (Lipinski definition) is 9. The van der Waals surface area contributed by atoms with Gasteiger partial charge < -0.3 is 28.4 Å². The lowest BCUT2D eigenvalue weighted by Gasteiger charge is -1.95. The maximum Gasteiger partial charge on any atom is 0.304 e. The van der Waals surface area contributed by atoms with Gasteiger partial charge in [0.25, 0.3) is 0 Å². The molecule has 0 aliphatic heterocycles. The van der Waals surface area contributed by atoms with Crippen molar-refractivity contribution in [1.82, 2.24) is 0 Å². The molecule has 0 aromatic carbocycles. The highest BCUT2D eigenvalue weighted by Gasteiger charge is 1.86. The largest absolute Gasteiger partial charge is 0.439 e. The van der Waals surface area contributed by atoms with Crippen molar-refractivity contribution in [2.75, 3.05) is 41.7 Å². The third kappa shape index (κ3) is 45.8. The van der Waals surface area contributed by atoms with Gasteiger partial charge in [0.2, 0.25) is 0 Å². The van der Waals surface area contributed by atoms with Crippen molar-refractivity contribution in [1.29, 1.82) is 0 Å². The van der Waals surface area contributed by atoms with E-state index in [-0.39, 0.29) is 38.3 Å². The summed E-state index contributed by atoms with van der Waals surface area (Å²) in [6, 6.07) is 0. The SMILES string of the molecule is COCOC(C)=O.COCOC(C)=O.COCOC(C)=O. The summed E-state index contributed by atoms with van der Waals surface area (Å²) in [5, 5.41) is 0. The molecule has 0 heterocycles. The number of carbonyl (C=O) groups excluding carboxylic acids is 3. The van der Waals surface area contributed by atoms with E-state index in [9.17, 15) is 14.4 Å². The van der Waals surface area contributed by atoms with E-state index in [0.717, 1.165) is 0 Å². The lowest BCUT2D eigenvalue weighted by atomic mass is 10.8. The molecule has 0 amide bonds. The molecule has 0 fully saturated rings. The van der Waals surface area contributed by atoms with Crippen LogP contribution in [0, 0.1) is 0 Å². The number of ether oxygens (including phenoxy) is 6. The van der Waals surface area contributed by atoms with Crippen LogP contribution in [0.3, 0.4) is 0 Å². The summed E-state index contributed by atoms with van der Waals surface area (Å²) in [4.78, 5) is 29.7. The molecule has 0 rings (SSSR count). The zero-order valence-electron chi connectivity index (χ0n) is 13.3. The minimum absolute atomic E-state index is 0.0509. The smallest absolute Gasteiger partial charge is 0.304 e. The van der Waals surface area contributed by atoms with Gasteiger partial charge in [0.1, 0.15) is 0 Å². The Morgan fingerprint density at radius 1 is 0.571 bits per heavy atom. The van der Waals surface area contributed by atoms with E-state index < -0.39 is 0 Å². The van der Waals surface area contributed by atoms with E-state index in [4.69, 9.17) is 0 Å². The fourth-order valence-electron chi connectivity index (χ4n) is 0.426. The number of carbonyl (C=O) groups is 3. The van der Waals surface area contributed by atoms with Crippen LogP contribution in [0.15, 0.2) is 0 Å². The van der Waals surface area contributed by atoms with Crippen LogP contribution >= 0.6 is 0 Å². The van der Waals surface area contributed by atoms with Gasteiger partial charge in [0.05, 0.1) is 0 Å². The Morgan fingerprint density at radius 3 is 0.810 bits per heavy atom. The molecule has 0 bridgehead atoms. The van der Waals surface area contributed by atoms with Gasteiger partial charge in [0.15, 0.2) is 20.4 Å². The third-order valence-electron chi connectivity index (χ3n) is 1.14. The van der Waals surface area contributed by atoms with Gasteiger partial charge >= 0.3 is 17.9 Å². The maximum absolute atomic E-state index is 9.90. The Balaban J connectivity index is -0.000000231. The van der Waals surface area contributed by atoms with Crippen molar-refractivity contribution in [3.8, 4) is 0 Å². The quantitative estimate of drug-likeness (QED) is 0.392. The predicted octanol–water partition coefficient (Wildman–Crippen LogP) is 0.460. The van der Waals surface area contributed by atoms with Crippen LogP contribution in [0.5, 0.6) is 0 Å². The zero-order valence-corrected chi connectivity index (χ0v) is 13.3. The van der Waals surface area contributed by atoms with Crippen LogP contribution < -0.4 is 0 Å². The van der Waals surface area contributed by atoms with Gasteiger partial charge in [-0.05, 0) is 0 Å². The second-order valence-corrected chi connectivity index (χ2v) is 3.13. The van der Waals surface area contributed by atoms with Crippen LogP contribution in [0.25, 0.3) is 0 Å². The number of methoxy groups -OCH3 is 3. The fourth-order valence-corrected chi connectivity index (χ4v) is 0.426. The van der Waals surface area contributed by atoms with Gasteiger partial charge in [-0.2, -0.15) is 0 Å². The number of rotatable bonds is 6. The topological polar surface area (TPSA) is 107 Å². The standard InChI is InChI=1S/3C4H8O3/c3*1-4(5)7-3-6-2/h3*3H2,1-2H3. The second-order valence-electron chi connectivity index (χ2n) is 3.13. The molecule has 0 aromatic heterocycles. The molecule has 9 heteroatoms. The highest BCUT2D eigenvalue weighted by Crippen LogP contribution is 1.74. The van der Waals surface area contributed by atoms with Gasteiger partial charge in [-0.15, -0.1) is 0 Å². The number of esters is 3. The van der Waals surface area contributed by atoms with Gasteiger partial charge in [-0.3, -0.25) is 14.4 Å². The molecule has 0 N–H and O–H groups in total. The molecule has 9 nitrogen and oxygen atoms in total. The molecule has 0 atom stereocenters. The van der Waals surface area contributed by atoms with Crippen LogP contribution in [0.1, 0.15) is 20.8 Å². The average molecular weight is 312 g/mol. The lowest BCUT2D eigenvalue weighted by Crippen LogP contribution is -2.00. The number of hydrogen-bond donors (Lipinski definition) is 0. The van der Waals surface area contributed by atoms with Gasteiger partial charge in [-0.1, -0.05) is 0 Å². The molecular weight excluding hydrogens is 288 g/mol. The minimum atomic E-state index is -0.318. The van der Waals surface area contributed by atoms with Crippen LogP contribution in [0.4, 0.5) is 0 Å².